The summed E-state index contributed by atoms with van der Waals surface area (Å²) in [5.74, 6) is -0.218. The summed E-state index contributed by atoms with van der Waals surface area (Å²) in [6.07, 6.45) is -0.0435. The lowest BCUT2D eigenvalue weighted by Crippen LogP contribution is -2.49. The maximum atomic E-state index is 12.9. The molecule has 2 heterocycles. The van der Waals surface area contributed by atoms with E-state index in [0.29, 0.717) is 5.56 Å². The number of hydrogen-bond acceptors (Lipinski definition) is 7. The second-order valence-corrected chi connectivity index (χ2v) is 15.5. The van der Waals surface area contributed by atoms with Crippen LogP contribution in [0.1, 0.15) is 36.5 Å². The fourth-order valence-electron chi connectivity index (χ4n) is 3.19. The maximum Gasteiger partial charge on any atom is 0.350 e. The van der Waals surface area contributed by atoms with Gasteiger partial charge in [-0.15, -0.1) is 11.8 Å². The number of carbonyl (C=O) groups is 1. The van der Waals surface area contributed by atoms with Crippen molar-refractivity contribution >= 4 is 31.8 Å². The van der Waals surface area contributed by atoms with Gasteiger partial charge in [-0.05, 0) is 36.3 Å². The van der Waals surface area contributed by atoms with Crippen LogP contribution in [0.2, 0.25) is 18.1 Å². The van der Waals surface area contributed by atoms with Gasteiger partial charge in [0.15, 0.2) is 8.32 Å². The third kappa shape index (κ3) is 5.15. The first-order chi connectivity index (χ1) is 14.9. The van der Waals surface area contributed by atoms with E-state index in [-0.39, 0.29) is 23.4 Å². The monoisotopic (exact) mass is 477 g/mol. The van der Waals surface area contributed by atoms with Gasteiger partial charge in [-0.3, -0.25) is 9.36 Å². The van der Waals surface area contributed by atoms with Crippen molar-refractivity contribution in [2.24, 2.45) is 0 Å². The Morgan fingerprint density at radius 2 is 1.91 bits per heavy atom. The quantitative estimate of drug-likeness (QED) is 0.548. The molecule has 1 saturated heterocycles. The molecule has 8 nitrogen and oxygen atoms in total. The van der Waals surface area contributed by atoms with Crippen molar-refractivity contribution in [3.05, 3.63) is 58.6 Å². The van der Waals surface area contributed by atoms with Crippen molar-refractivity contribution in [2.75, 3.05) is 11.9 Å². The van der Waals surface area contributed by atoms with Crippen molar-refractivity contribution in [1.29, 1.82) is 0 Å². The SMILES string of the molecule is CC(C)(C)[Si](C)(C)O[C@@H]1[C@H](O)[C@@H](CO)S[C@H]1n1ccc(NC(=O)c2ccccc2)nc1=O. The van der Waals surface area contributed by atoms with Crippen LogP contribution in [0.5, 0.6) is 0 Å². The number of aliphatic hydroxyl groups excluding tert-OH is 2. The van der Waals surface area contributed by atoms with Crippen molar-refractivity contribution in [3.8, 4) is 0 Å². The minimum Gasteiger partial charge on any atom is -0.408 e. The van der Waals surface area contributed by atoms with Crippen LogP contribution in [0, 0.1) is 0 Å². The zero-order chi connectivity index (χ0) is 23.7. The van der Waals surface area contributed by atoms with Crippen LogP contribution < -0.4 is 11.0 Å². The molecule has 0 unspecified atom stereocenters. The van der Waals surface area contributed by atoms with Gasteiger partial charge >= 0.3 is 5.69 Å². The molecule has 174 valence electrons. The molecule has 1 aromatic carbocycles. The topological polar surface area (TPSA) is 114 Å². The smallest absolute Gasteiger partial charge is 0.350 e. The molecule has 0 radical (unpaired) electrons. The molecule has 1 fully saturated rings. The highest BCUT2D eigenvalue weighted by atomic mass is 32.2. The number of benzene rings is 1. The average molecular weight is 478 g/mol. The predicted octanol–water partition coefficient (Wildman–Crippen LogP) is 2.85. The van der Waals surface area contributed by atoms with Crippen LogP contribution in [0.3, 0.4) is 0 Å². The van der Waals surface area contributed by atoms with Crippen LogP contribution in [-0.2, 0) is 4.43 Å². The van der Waals surface area contributed by atoms with Crippen LogP contribution in [0.25, 0.3) is 0 Å². The third-order valence-corrected chi connectivity index (χ3v) is 12.1. The van der Waals surface area contributed by atoms with E-state index in [1.807, 2.05) is 6.07 Å². The Balaban J connectivity index is 1.86. The molecular formula is C22H31N3O5SSi. The van der Waals surface area contributed by atoms with Crippen molar-refractivity contribution < 1.29 is 19.4 Å². The molecule has 10 heteroatoms. The number of anilines is 1. The molecule has 1 aliphatic rings. The van der Waals surface area contributed by atoms with E-state index in [4.69, 9.17) is 4.43 Å². The average Bonchev–Trinajstić information content (AvgIpc) is 3.03. The fraction of sp³-hybridized carbons (Fsp3) is 0.500. The molecule has 0 aliphatic carbocycles. The van der Waals surface area contributed by atoms with E-state index < -0.39 is 36.8 Å². The molecule has 0 bridgehead atoms. The van der Waals surface area contributed by atoms with Crippen molar-refractivity contribution in [3.63, 3.8) is 0 Å². The number of nitrogens with one attached hydrogen (secondary N) is 1. The first-order valence-electron chi connectivity index (χ1n) is 10.5. The number of aromatic nitrogens is 2. The van der Waals surface area contributed by atoms with E-state index in [1.165, 1.54) is 16.3 Å². The predicted molar refractivity (Wildman–Crippen MR) is 128 cm³/mol. The van der Waals surface area contributed by atoms with Gasteiger partial charge in [0.25, 0.3) is 5.91 Å². The van der Waals surface area contributed by atoms with Gasteiger partial charge in [-0.1, -0.05) is 39.0 Å². The molecule has 1 amide bonds. The van der Waals surface area contributed by atoms with Gasteiger partial charge < -0.3 is 20.0 Å². The van der Waals surface area contributed by atoms with Crippen molar-refractivity contribution in [1.82, 2.24) is 9.55 Å². The summed E-state index contributed by atoms with van der Waals surface area (Å²) >= 11 is 1.29. The molecule has 32 heavy (non-hydrogen) atoms. The second-order valence-electron chi connectivity index (χ2n) is 9.40. The zero-order valence-corrected chi connectivity index (χ0v) is 20.8. The lowest BCUT2D eigenvalue weighted by atomic mass is 10.1. The number of thioether (sulfide) groups is 1. The van der Waals surface area contributed by atoms with Crippen molar-refractivity contribution in [2.45, 2.75) is 61.7 Å². The summed E-state index contributed by atoms with van der Waals surface area (Å²) < 4.78 is 7.88. The Hall–Kier alpha value is -1.98. The van der Waals surface area contributed by atoms with Gasteiger partial charge in [0.2, 0.25) is 0 Å². The highest BCUT2D eigenvalue weighted by Gasteiger charge is 2.50. The molecule has 3 rings (SSSR count). The lowest BCUT2D eigenvalue weighted by molar-refractivity contribution is 0.0176. The minimum absolute atomic E-state index is 0.0893. The van der Waals surface area contributed by atoms with Gasteiger partial charge in [0, 0.05) is 11.8 Å². The van der Waals surface area contributed by atoms with E-state index in [0.717, 1.165) is 0 Å². The Kier molecular flexibility index (Phi) is 7.30. The molecule has 4 atom stereocenters. The summed E-state index contributed by atoms with van der Waals surface area (Å²) in [6.45, 7) is 10.2. The van der Waals surface area contributed by atoms with E-state index >= 15 is 0 Å². The summed E-state index contributed by atoms with van der Waals surface area (Å²) in [7, 11) is -2.26. The molecule has 1 aromatic heterocycles. The molecule has 0 spiro atoms. The Labute approximate surface area is 193 Å². The standard InChI is InChI=1S/C22H31N3O5SSi/c1-22(2,3)32(4,5)30-18-17(27)15(13-26)31-20(18)25-12-11-16(24-21(25)29)23-19(28)14-9-7-6-8-10-14/h6-12,15,17-18,20,26-27H,13H2,1-5H3,(H,23,24,28,29)/t15-,17-,18-,20-/m1/s1. The lowest BCUT2D eigenvalue weighted by Gasteiger charge is -2.40. The third-order valence-electron chi connectivity index (χ3n) is 6.11. The molecule has 2 aromatic rings. The summed E-state index contributed by atoms with van der Waals surface area (Å²) in [5.41, 5.74) is -0.107. The van der Waals surface area contributed by atoms with E-state index in [1.54, 1.807) is 36.5 Å². The Morgan fingerprint density at radius 1 is 1.25 bits per heavy atom. The molecule has 3 N–H and O–H groups in total. The van der Waals surface area contributed by atoms with Gasteiger partial charge in [0.05, 0.1) is 18.0 Å². The number of hydrogen-bond donors (Lipinski definition) is 3. The summed E-state index contributed by atoms with van der Waals surface area (Å²) in [5, 5.41) is 22.1. The second kappa shape index (κ2) is 9.48. The fourth-order valence-corrected chi connectivity index (χ4v) is 6.02. The molecule has 1 aliphatic heterocycles. The maximum absolute atomic E-state index is 12.9. The van der Waals surface area contributed by atoms with Crippen LogP contribution in [0.15, 0.2) is 47.4 Å². The molecular weight excluding hydrogens is 446 g/mol. The molecule has 0 saturated carbocycles. The highest BCUT2D eigenvalue weighted by molar-refractivity contribution is 8.00. The van der Waals surface area contributed by atoms with Gasteiger partial charge in [0.1, 0.15) is 17.3 Å². The largest absolute Gasteiger partial charge is 0.408 e. The van der Waals surface area contributed by atoms with Crippen LogP contribution >= 0.6 is 11.8 Å². The zero-order valence-electron chi connectivity index (χ0n) is 19.0. The number of amides is 1. The number of carbonyl (C=O) groups excluding carboxylic acids is 1. The van der Waals surface area contributed by atoms with E-state index in [9.17, 15) is 19.8 Å². The Morgan fingerprint density at radius 3 is 2.47 bits per heavy atom. The number of aliphatic hydroxyl groups is 2. The number of nitrogens with zero attached hydrogens (tertiary/aromatic N) is 2. The summed E-state index contributed by atoms with van der Waals surface area (Å²) in [6, 6.07) is 10.2. The number of rotatable bonds is 6. The van der Waals surface area contributed by atoms with Crippen LogP contribution in [0.4, 0.5) is 5.82 Å². The van der Waals surface area contributed by atoms with Crippen LogP contribution in [-0.4, -0.2) is 58.1 Å². The first-order valence-corrected chi connectivity index (χ1v) is 14.4. The highest BCUT2D eigenvalue weighted by Crippen LogP contribution is 2.47. The van der Waals surface area contributed by atoms with E-state index in [2.05, 4.69) is 44.2 Å². The minimum atomic E-state index is -2.26. The normalized spacial score (nSPS) is 23.8. The summed E-state index contributed by atoms with van der Waals surface area (Å²) in [4.78, 5) is 29.2. The van der Waals surface area contributed by atoms with Gasteiger partial charge in [-0.25, -0.2) is 4.79 Å². The first kappa shape index (κ1) is 24.7. The Bertz CT molecular complexity index is 1010. The van der Waals surface area contributed by atoms with Gasteiger partial charge in [-0.2, -0.15) is 4.98 Å².